The Balaban J connectivity index is 1.48. The van der Waals surface area contributed by atoms with Crippen LogP contribution in [0.3, 0.4) is 0 Å². The topological polar surface area (TPSA) is 134 Å². The van der Waals surface area contributed by atoms with Gasteiger partial charge < -0.3 is 10.4 Å². The van der Waals surface area contributed by atoms with Crippen molar-refractivity contribution in [1.82, 2.24) is 14.8 Å². The maximum absolute atomic E-state index is 15.3. The fourth-order valence-corrected chi connectivity index (χ4v) is 5.71. The van der Waals surface area contributed by atoms with Crippen molar-refractivity contribution in [2.24, 2.45) is 0 Å². The molecule has 1 aromatic heterocycles. The molecule has 0 aliphatic carbocycles. The fraction of sp³-hybridized carbons (Fsp3) is 0.0714. The highest BCUT2D eigenvalue weighted by molar-refractivity contribution is 9.10. The minimum atomic E-state index is -3.38. The van der Waals surface area contributed by atoms with Gasteiger partial charge in [0.1, 0.15) is 29.9 Å². The van der Waals surface area contributed by atoms with Crippen molar-refractivity contribution in [3.8, 4) is 5.69 Å². The van der Waals surface area contributed by atoms with Crippen LogP contribution in [-0.2, 0) is 22.1 Å². The number of halogens is 3. The van der Waals surface area contributed by atoms with Crippen LogP contribution in [0.15, 0.2) is 83.9 Å². The van der Waals surface area contributed by atoms with Gasteiger partial charge in [0, 0.05) is 16.6 Å². The van der Waals surface area contributed by atoms with E-state index in [1.54, 1.807) is 30.3 Å². The number of rotatable bonds is 9. The lowest BCUT2D eigenvalue weighted by Crippen LogP contribution is -2.20. The summed E-state index contributed by atoms with van der Waals surface area (Å²) in [5, 5.41) is 17.1. The molecule has 0 bridgehead atoms. The van der Waals surface area contributed by atoms with E-state index in [0.29, 0.717) is 25.4 Å². The summed E-state index contributed by atoms with van der Waals surface area (Å²) in [5.41, 5.74) is 0.0219. The highest BCUT2D eigenvalue weighted by Gasteiger charge is 2.24. The molecule has 0 aliphatic rings. The summed E-state index contributed by atoms with van der Waals surface area (Å²) in [6.07, 6.45) is 2.58. The number of aryl methyl sites for hydroxylation is 1. The molecule has 1 amide bonds. The zero-order chi connectivity index (χ0) is 30.0. The van der Waals surface area contributed by atoms with Crippen LogP contribution in [-0.4, -0.2) is 40.2 Å². The Kier molecular flexibility index (Phi) is 8.27. The van der Waals surface area contributed by atoms with E-state index in [4.69, 9.17) is 0 Å². The van der Waals surface area contributed by atoms with Gasteiger partial charge in [0.2, 0.25) is 10.9 Å². The normalized spacial score (nSPS) is 11.1. The van der Waals surface area contributed by atoms with Crippen molar-refractivity contribution in [2.75, 3.05) is 9.62 Å². The molecule has 2 N–H and O–H groups in total. The third-order valence-electron chi connectivity index (χ3n) is 6.38. The first-order chi connectivity index (χ1) is 20.1. The number of aromatic nitrogens is 3. The summed E-state index contributed by atoms with van der Waals surface area (Å²) < 4.78 is 57.6. The zero-order valence-electron chi connectivity index (χ0n) is 21.4. The second kappa shape index (κ2) is 12.0. The Labute approximate surface area is 247 Å². The van der Waals surface area contributed by atoms with Crippen LogP contribution in [0.5, 0.6) is 0 Å². The Bertz CT molecular complexity index is 1870. The van der Waals surface area contributed by atoms with E-state index < -0.39 is 40.0 Å². The third kappa shape index (κ3) is 5.85. The molecule has 42 heavy (non-hydrogen) atoms. The summed E-state index contributed by atoms with van der Waals surface area (Å²) in [7, 11) is -3.38. The van der Waals surface area contributed by atoms with E-state index in [9.17, 15) is 23.1 Å². The number of nitrogens with zero attached hydrogens (tertiary/aromatic N) is 4. The number of carbonyl (C=O) groups excluding carboxylic acids is 1. The van der Waals surface area contributed by atoms with Gasteiger partial charge in [-0.25, -0.2) is 31.2 Å². The van der Waals surface area contributed by atoms with Gasteiger partial charge in [-0.2, -0.15) is 5.10 Å². The van der Waals surface area contributed by atoms with Crippen molar-refractivity contribution >= 4 is 66.5 Å². The Morgan fingerprint density at radius 1 is 0.976 bits per heavy atom. The Morgan fingerprint density at radius 2 is 1.64 bits per heavy atom. The molecule has 1 heterocycles. The summed E-state index contributed by atoms with van der Waals surface area (Å²) in [6, 6.07) is 16.1. The first-order valence-electron chi connectivity index (χ1n) is 12.3. The number of thiol groups is 1. The van der Waals surface area contributed by atoms with Crippen LogP contribution in [0.1, 0.15) is 22.3 Å². The maximum atomic E-state index is 15.3. The summed E-state index contributed by atoms with van der Waals surface area (Å²) in [5.74, 6) is -4.78. The van der Waals surface area contributed by atoms with Gasteiger partial charge in [0.25, 0.3) is 5.91 Å². The van der Waals surface area contributed by atoms with Gasteiger partial charge in [0.15, 0.2) is 0 Å². The van der Waals surface area contributed by atoms with Gasteiger partial charge in [-0.05, 0) is 65.2 Å². The number of anilines is 3. The van der Waals surface area contributed by atoms with E-state index >= 15 is 8.78 Å². The van der Waals surface area contributed by atoms with Crippen molar-refractivity contribution in [3.63, 3.8) is 0 Å². The summed E-state index contributed by atoms with van der Waals surface area (Å²) in [4.78, 5) is 28.3. The Morgan fingerprint density at radius 3 is 2.24 bits per heavy atom. The molecule has 0 aliphatic heterocycles. The molecule has 0 spiro atoms. The van der Waals surface area contributed by atoms with Crippen LogP contribution >= 0.6 is 15.9 Å². The van der Waals surface area contributed by atoms with E-state index in [0.717, 1.165) is 17.5 Å². The lowest BCUT2D eigenvalue weighted by atomic mass is 9.98. The quantitative estimate of drug-likeness (QED) is 0.181. The van der Waals surface area contributed by atoms with Crippen molar-refractivity contribution in [3.05, 3.63) is 107 Å². The predicted molar refractivity (Wildman–Crippen MR) is 156 cm³/mol. The highest BCUT2D eigenvalue weighted by atomic mass is 79.9. The third-order valence-corrected chi connectivity index (χ3v) is 7.83. The van der Waals surface area contributed by atoms with Crippen LogP contribution in [0.2, 0.25) is 0 Å². The number of benzene rings is 4. The number of carboxylic acids is 1. The molecule has 214 valence electrons. The van der Waals surface area contributed by atoms with Crippen LogP contribution in [0.4, 0.5) is 25.8 Å². The second-order valence-corrected chi connectivity index (χ2v) is 10.7. The molecule has 4 aromatic carbocycles. The minimum Gasteiger partial charge on any atom is -0.481 e. The molecule has 0 atom stereocenters. The lowest BCUT2D eigenvalue weighted by Gasteiger charge is -2.20. The van der Waals surface area contributed by atoms with Gasteiger partial charge in [-0.15, -0.1) is 0 Å². The molecule has 0 fully saturated rings. The molecule has 5 rings (SSSR count). The molecule has 0 saturated carbocycles. The number of fused-ring (bicyclic) bond motifs is 1. The molecule has 5 aromatic rings. The van der Waals surface area contributed by atoms with Crippen LogP contribution in [0, 0.1) is 11.6 Å². The van der Waals surface area contributed by atoms with E-state index in [-0.39, 0.29) is 29.9 Å². The predicted octanol–water partition coefficient (Wildman–Crippen LogP) is 5.40. The number of carbonyl (C=O) groups is 2. The molecule has 14 heteroatoms. The van der Waals surface area contributed by atoms with Gasteiger partial charge in [0.05, 0.1) is 17.1 Å². The van der Waals surface area contributed by atoms with Crippen molar-refractivity contribution in [2.45, 2.75) is 12.8 Å². The molecular formula is C28H20BrF2N5O5S. The number of hydrogen-bond donors (Lipinski definition) is 3. The van der Waals surface area contributed by atoms with Crippen molar-refractivity contribution in [1.29, 1.82) is 0 Å². The Hall–Kier alpha value is -4.69. The summed E-state index contributed by atoms with van der Waals surface area (Å²) >= 11 is 3.43. The van der Waals surface area contributed by atoms with Gasteiger partial charge in [-0.1, -0.05) is 40.2 Å². The average molecular weight is 656 g/mol. The maximum Gasteiger partial charge on any atom is 0.303 e. The molecule has 0 unspecified atom stereocenters. The standard InChI is InChI=1S/C28H20BrF2N5O5S/c29-22-13-25(21(9-10-26(37)38)19-3-1-2-4-20(19)22)34-28(39)27-23(30)11-18(12-24(27)31)36(42(40)41)17-7-5-16(6-8-17)35-15-32-14-33-35/h1-8,11-15,42H,9-10H2,(H,34,39)(H,37,38). The molecule has 10 nitrogen and oxygen atoms in total. The number of carboxylic acid groups (broad SMARTS) is 1. The monoisotopic (exact) mass is 655 g/mol. The van der Waals surface area contributed by atoms with E-state index in [1.165, 1.54) is 35.5 Å². The number of hydrogen-bond acceptors (Lipinski definition) is 6. The second-order valence-electron chi connectivity index (χ2n) is 8.97. The van der Waals surface area contributed by atoms with Crippen LogP contribution < -0.4 is 9.62 Å². The summed E-state index contributed by atoms with van der Waals surface area (Å²) in [6.45, 7) is 0. The highest BCUT2D eigenvalue weighted by Crippen LogP contribution is 2.35. The van der Waals surface area contributed by atoms with Gasteiger partial charge >= 0.3 is 5.97 Å². The molecular weight excluding hydrogens is 636 g/mol. The van der Waals surface area contributed by atoms with E-state index in [1.807, 2.05) is 6.07 Å². The SMILES string of the molecule is O=C(O)CCc1c(NC(=O)c2c(F)cc(N(c3ccc(-n4cncn4)cc3)[SH](=O)=O)cc2F)cc(Br)c2ccccc12. The van der Waals surface area contributed by atoms with E-state index in [2.05, 4.69) is 31.3 Å². The van der Waals surface area contributed by atoms with Crippen molar-refractivity contribution < 1.29 is 31.9 Å². The molecule has 0 radical (unpaired) electrons. The zero-order valence-corrected chi connectivity index (χ0v) is 23.9. The molecule has 0 saturated heterocycles. The van der Waals surface area contributed by atoms with Gasteiger partial charge in [-0.3, -0.25) is 9.59 Å². The first-order valence-corrected chi connectivity index (χ1v) is 14.2. The minimum absolute atomic E-state index is 0.0455. The number of aliphatic carboxylic acids is 1. The first kappa shape index (κ1) is 28.8. The number of amides is 1. The van der Waals surface area contributed by atoms with Crippen LogP contribution in [0.25, 0.3) is 16.5 Å². The number of nitrogens with one attached hydrogen (secondary N) is 1. The lowest BCUT2D eigenvalue weighted by molar-refractivity contribution is -0.136. The fourth-order valence-electron chi connectivity index (χ4n) is 4.51. The smallest absolute Gasteiger partial charge is 0.303 e. The largest absolute Gasteiger partial charge is 0.481 e. The average Bonchev–Trinajstić information content (AvgIpc) is 3.48.